The lowest BCUT2D eigenvalue weighted by molar-refractivity contribution is -0.116. The first-order chi connectivity index (χ1) is 10.0. The van der Waals surface area contributed by atoms with Crippen molar-refractivity contribution in [2.24, 2.45) is 7.05 Å². The van der Waals surface area contributed by atoms with Crippen molar-refractivity contribution in [2.75, 3.05) is 11.1 Å². The van der Waals surface area contributed by atoms with Crippen LogP contribution in [0, 0.1) is 13.8 Å². The monoisotopic (exact) mass is 303 g/mol. The molecule has 5 heteroatoms. The van der Waals surface area contributed by atoms with Gasteiger partial charge in [0.15, 0.2) is 0 Å². The lowest BCUT2D eigenvalue weighted by Crippen LogP contribution is -2.14. The average molecular weight is 303 g/mol. The summed E-state index contributed by atoms with van der Waals surface area (Å²) in [5, 5.41) is 7.09. The summed E-state index contributed by atoms with van der Waals surface area (Å²) in [5.74, 6) is 1.74. The summed E-state index contributed by atoms with van der Waals surface area (Å²) < 4.78 is 1.69. The third kappa shape index (κ3) is 4.93. The summed E-state index contributed by atoms with van der Waals surface area (Å²) in [6, 6.07) is 10.3. The van der Waals surface area contributed by atoms with Gasteiger partial charge in [0.2, 0.25) is 5.91 Å². The summed E-state index contributed by atoms with van der Waals surface area (Å²) in [4.78, 5) is 13.1. The van der Waals surface area contributed by atoms with Crippen molar-refractivity contribution in [2.45, 2.75) is 31.6 Å². The number of anilines is 1. The zero-order valence-corrected chi connectivity index (χ0v) is 13.5. The van der Waals surface area contributed by atoms with E-state index in [0.29, 0.717) is 6.42 Å². The Morgan fingerprint density at radius 2 is 2.00 bits per heavy atom. The van der Waals surface area contributed by atoms with Gasteiger partial charge < -0.3 is 5.32 Å². The van der Waals surface area contributed by atoms with Crippen LogP contribution in [0.4, 0.5) is 5.82 Å². The molecule has 1 aromatic carbocycles. The molecule has 0 aliphatic heterocycles. The normalized spacial score (nSPS) is 10.6. The van der Waals surface area contributed by atoms with Crippen LogP contribution in [0.25, 0.3) is 0 Å². The Kier molecular flexibility index (Phi) is 5.44. The topological polar surface area (TPSA) is 46.9 Å². The van der Waals surface area contributed by atoms with Gasteiger partial charge in [-0.25, -0.2) is 0 Å². The molecule has 0 fully saturated rings. The Labute approximate surface area is 129 Å². The average Bonchev–Trinajstić information content (AvgIpc) is 2.75. The second-order valence-electron chi connectivity index (χ2n) is 5.11. The van der Waals surface area contributed by atoms with Crippen molar-refractivity contribution in [3.63, 3.8) is 0 Å². The molecular weight excluding hydrogens is 282 g/mol. The van der Waals surface area contributed by atoms with Crippen LogP contribution in [0.5, 0.6) is 0 Å². The van der Waals surface area contributed by atoms with E-state index >= 15 is 0 Å². The number of nitrogens with zero attached hydrogens (tertiary/aromatic N) is 2. The number of rotatable bonds is 6. The number of carbonyl (C=O) groups is 1. The van der Waals surface area contributed by atoms with Gasteiger partial charge >= 0.3 is 0 Å². The number of hydrogen-bond acceptors (Lipinski definition) is 3. The minimum Gasteiger partial charge on any atom is -0.311 e. The van der Waals surface area contributed by atoms with Crippen LogP contribution in [-0.2, 0) is 11.8 Å². The van der Waals surface area contributed by atoms with Gasteiger partial charge in [0.1, 0.15) is 5.82 Å². The quantitative estimate of drug-likeness (QED) is 0.656. The molecule has 0 unspecified atom stereocenters. The number of aromatic nitrogens is 2. The highest BCUT2D eigenvalue weighted by Crippen LogP contribution is 2.19. The van der Waals surface area contributed by atoms with Gasteiger partial charge in [-0.1, -0.05) is 17.7 Å². The number of carbonyl (C=O) groups excluding carboxylic acids is 1. The molecule has 112 valence electrons. The molecule has 0 saturated heterocycles. The second kappa shape index (κ2) is 7.31. The highest BCUT2D eigenvalue weighted by Gasteiger charge is 2.06. The van der Waals surface area contributed by atoms with E-state index in [1.165, 1.54) is 10.5 Å². The van der Waals surface area contributed by atoms with Crippen molar-refractivity contribution in [3.8, 4) is 0 Å². The molecule has 0 bridgehead atoms. The van der Waals surface area contributed by atoms with Crippen LogP contribution in [0.2, 0.25) is 0 Å². The van der Waals surface area contributed by atoms with E-state index < -0.39 is 0 Å². The molecule has 1 aromatic heterocycles. The summed E-state index contributed by atoms with van der Waals surface area (Å²) in [6.45, 7) is 3.99. The van der Waals surface area contributed by atoms with Crippen LogP contribution < -0.4 is 5.32 Å². The van der Waals surface area contributed by atoms with E-state index in [2.05, 4.69) is 41.6 Å². The lowest BCUT2D eigenvalue weighted by atomic mass is 10.2. The number of benzene rings is 1. The first-order valence-electron chi connectivity index (χ1n) is 7.04. The largest absolute Gasteiger partial charge is 0.311 e. The van der Waals surface area contributed by atoms with Crippen LogP contribution in [-0.4, -0.2) is 21.4 Å². The molecule has 0 spiro atoms. The van der Waals surface area contributed by atoms with Gasteiger partial charge in [0, 0.05) is 24.4 Å². The Morgan fingerprint density at radius 1 is 1.29 bits per heavy atom. The van der Waals surface area contributed by atoms with Crippen molar-refractivity contribution in [1.29, 1.82) is 0 Å². The van der Waals surface area contributed by atoms with E-state index in [0.717, 1.165) is 23.7 Å². The third-order valence-electron chi connectivity index (χ3n) is 3.11. The third-order valence-corrected chi connectivity index (χ3v) is 4.21. The smallest absolute Gasteiger partial charge is 0.225 e. The maximum absolute atomic E-state index is 11.9. The van der Waals surface area contributed by atoms with Crippen LogP contribution in [0.15, 0.2) is 35.2 Å². The Bertz CT molecular complexity index is 604. The number of amides is 1. The molecule has 2 rings (SSSR count). The maximum atomic E-state index is 11.9. The summed E-state index contributed by atoms with van der Waals surface area (Å²) in [5.41, 5.74) is 2.17. The highest BCUT2D eigenvalue weighted by molar-refractivity contribution is 7.99. The number of aryl methyl sites for hydroxylation is 3. The Hall–Kier alpha value is -1.75. The molecule has 0 atom stereocenters. The zero-order chi connectivity index (χ0) is 15.2. The van der Waals surface area contributed by atoms with Crippen LogP contribution in [0.1, 0.15) is 24.1 Å². The molecule has 0 radical (unpaired) electrons. The molecule has 0 aliphatic carbocycles. The molecule has 0 saturated carbocycles. The van der Waals surface area contributed by atoms with Crippen molar-refractivity contribution in [3.05, 3.63) is 41.6 Å². The minimum absolute atomic E-state index is 0.0440. The van der Waals surface area contributed by atoms with E-state index in [-0.39, 0.29) is 5.91 Å². The molecule has 1 heterocycles. The van der Waals surface area contributed by atoms with E-state index in [1.807, 2.05) is 20.0 Å². The van der Waals surface area contributed by atoms with E-state index in [1.54, 1.807) is 16.4 Å². The first-order valence-corrected chi connectivity index (χ1v) is 8.03. The molecule has 1 N–H and O–H groups in total. The predicted molar refractivity (Wildman–Crippen MR) is 87.7 cm³/mol. The lowest BCUT2D eigenvalue weighted by Gasteiger charge is -2.05. The van der Waals surface area contributed by atoms with Gasteiger partial charge in [-0.2, -0.15) is 5.10 Å². The summed E-state index contributed by atoms with van der Waals surface area (Å²) in [6.07, 6.45) is 1.39. The van der Waals surface area contributed by atoms with Crippen molar-refractivity contribution in [1.82, 2.24) is 9.78 Å². The standard InChI is InChI=1S/C16H21N3OS/c1-12-6-8-14(9-7-12)21-10-4-5-16(20)17-15-11-13(2)18-19(15)3/h6-9,11H,4-5,10H2,1-3H3,(H,17,20). The first kappa shape index (κ1) is 15.6. The van der Waals surface area contributed by atoms with Gasteiger partial charge in [-0.3, -0.25) is 9.48 Å². The molecule has 21 heavy (non-hydrogen) atoms. The fraction of sp³-hybridized carbons (Fsp3) is 0.375. The SMILES string of the molecule is Cc1ccc(SCCCC(=O)Nc2cc(C)nn2C)cc1. The highest BCUT2D eigenvalue weighted by atomic mass is 32.2. The predicted octanol–water partition coefficient (Wildman–Crippen LogP) is 3.55. The van der Waals surface area contributed by atoms with Gasteiger partial charge in [0.25, 0.3) is 0 Å². The van der Waals surface area contributed by atoms with Gasteiger partial charge in [-0.15, -0.1) is 11.8 Å². The number of hydrogen-bond donors (Lipinski definition) is 1. The fourth-order valence-electron chi connectivity index (χ4n) is 1.99. The molecular formula is C16H21N3OS. The summed E-state index contributed by atoms with van der Waals surface area (Å²) in [7, 11) is 1.83. The second-order valence-corrected chi connectivity index (χ2v) is 6.28. The maximum Gasteiger partial charge on any atom is 0.225 e. The van der Waals surface area contributed by atoms with Gasteiger partial charge in [0.05, 0.1) is 5.69 Å². The molecule has 2 aromatic rings. The number of nitrogens with one attached hydrogen (secondary N) is 1. The molecule has 1 amide bonds. The van der Waals surface area contributed by atoms with Crippen molar-refractivity contribution < 1.29 is 4.79 Å². The molecule has 0 aliphatic rings. The van der Waals surface area contributed by atoms with Crippen LogP contribution >= 0.6 is 11.8 Å². The minimum atomic E-state index is 0.0440. The Balaban J connectivity index is 1.70. The number of thioether (sulfide) groups is 1. The van der Waals surface area contributed by atoms with E-state index in [4.69, 9.17) is 0 Å². The Morgan fingerprint density at radius 3 is 2.62 bits per heavy atom. The van der Waals surface area contributed by atoms with E-state index in [9.17, 15) is 4.79 Å². The fourth-order valence-corrected chi connectivity index (χ4v) is 2.84. The van der Waals surface area contributed by atoms with Gasteiger partial charge in [-0.05, 0) is 38.2 Å². The molecule has 4 nitrogen and oxygen atoms in total. The van der Waals surface area contributed by atoms with Crippen molar-refractivity contribution >= 4 is 23.5 Å². The zero-order valence-electron chi connectivity index (χ0n) is 12.7. The van der Waals surface area contributed by atoms with Crippen LogP contribution in [0.3, 0.4) is 0 Å². The summed E-state index contributed by atoms with van der Waals surface area (Å²) >= 11 is 1.79.